The fourth-order valence-corrected chi connectivity index (χ4v) is 1.26. The van der Waals surface area contributed by atoms with Crippen LogP contribution in [0.4, 0.5) is 5.69 Å². The molecule has 0 bridgehead atoms. The maximum absolute atomic E-state index is 11.4. The quantitative estimate of drug-likeness (QED) is 0.590. The molecule has 1 aromatic rings. The van der Waals surface area contributed by atoms with Crippen LogP contribution < -0.4 is 20.9 Å². The zero-order valence-corrected chi connectivity index (χ0v) is 9.88. The van der Waals surface area contributed by atoms with Crippen molar-refractivity contribution < 1.29 is 9.53 Å². The second kappa shape index (κ2) is 5.32. The third-order valence-corrected chi connectivity index (χ3v) is 1.96. The Morgan fingerprint density at radius 1 is 1.44 bits per heavy atom. The van der Waals surface area contributed by atoms with Crippen LogP contribution in [0.3, 0.4) is 0 Å². The summed E-state index contributed by atoms with van der Waals surface area (Å²) in [6, 6.07) is 6.94. The third kappa shape index (κ3) is 3.09. The fraction of sp³-hybridized carbons (Fsp3) is 0.200. The smallest absolute Gasteiger partial charge is 0.242 e. The number of carbonyl (C=O) groups is 1. The summed E-state index contributed by atoms with van der Waals surface area (Å²) in [6.45, 7) is 1.41. The molecule has 1 amide bonds. The van der Waals surface area contributed by atoms with Gasteiger partial charge in [-0.2, -0.15) is 0 Å². The highest BCUT2D eigenvalue weighted by Crippen LogP contribution is 2.17. The van der Waals surface area contributed by atoms with Crippen molar-refractivity contribution in [1.29, 1.82) is 0 Å². The van der Waals surface area contributed by atoms with Crippen LogP contribution in [-0.4, -0.2) is 18.1 Å². The molecule has 6 heteroatoms. The van der Waals surface area contributed by atoms with Gasteiger partial charge in [-0.25, -0.2) is 5.01 Å². The van der Waals surface area contributed by atoms with Crippen molar-refractivity contribution in [3.05, 3.63) is 24.3 Å². The summed E-state index contributed by atoms with van der Waals surface area (Å²) in [7, 11) is 1.57. The first-order chi connectivity index (χ1) is 7.54. The number of hydrazine groups is 1. The van der Waals surface area contributed by atoms with Crippen LogP contribution in [0.1, 0.15) is 6.92 Å². The van der Waals surface area contributed by atoms with Gasteiger partial charge in [-0.3, -0.25) is 10.2 Å². The van der Waals surface area contributed by atoms with Crippen LogP contribution in [0.2, 0.25) is 0 Å². The molecule has 0 aliphatic heterocycles. The van der Waals surface area contributed by atoms with Gasteiger partial charge in [0.05, 0.1) is 12.8 Å². The van der Waals surface area contributed by atoms with Crippen molar-refractivity contribution in [2.24, 2.45) is 5.73 Å². The van der Waals surface area contributed by atoms with Gasteiger partial charge in [0.25, 0.3) is 0 Å². The molecule has 0 aliphatic rings. The van der Waals surface area contributed by atoms with Crippen molar-refractivity contribution in [1.82, 2.24) is 5.43 Å². The van der Waals surface area contributed by atoms with Crippen molar-refractivity contribution >= 4 is 28.9 Å². The SMILES string of the molecule is COc1ccc(N(NC(N)=S)C(C)=O)cc1. The standard InChI is InChI=1S/C10H13N3O2S/c1-7(14)13(12-10(11)16)8-3-5-9(15-2)6-4-8/h3-6H,1-2H3,(H3,11,12,16). The van der Waals surface area contributed by atoms with Gasteiger partial charge in [-0.15, -0.1) is 0 Å². The summed E-state index contributed by atoms with van der Waals surface area (Å²) in [5.41, 5.74) is 8.55. The molecular weight excluding hydrogens is 226 g/mol. The van der Waals surface area contributed by atoms with Crippen LogP contribution in [0.5, 0.6) is 5.75 Å². The number of anilines is 1. The summed E-state index contributed by atoms with van der Waals surface area (Å²) in [6.07, 6.45) is 0. The molecule has 16 heavy (non-hydrogen) atoms. The zero-order chi connectivity index (χ0) is 12.1. The molecule has 1 aromatic carbocycles. The van der Waals surface area contributed by atoms with E-state index in [0.717, 1.165) is 0 Å². The van der Waals surface area contributed by atoms with Gasteiger partial charge in [-0.1, -0.05) is 0 Å². The molecule has 0 saturated heterocycles. The predicted molar refractivity (Wildman–Crippen MR) is 66.1 cm³/mol. The van der Waals surface area contributed by atoms with E-state index in [9.17, 15) is 4.79 Å². The van der Waals surface area contributed by atoms with E-state index in [4.69, 9.17) is 10.5 Å². The highest BCUT2D eigenvalue weighted by Gasteiger charge is 2.11. The minimum Gasteiger partial charge on any atom is -0.497 e. The number of nitrogens with one attached hydrogen (secondary N) is 1. The van der Waals surface area contributed by atoms with Gasteiger partial charge in [0, 0.05) is 6.92 Å². The van der Waals surface area contributed by atoms with E-state index < -0.39 is 0 Å². The maximum atomic E-state index is 11.4. The van der Waals surface area contributed by atoms with E-state index in [1.54, 1.807) is 31.4 Å². The number of rotatable bonds is 2. The first-order valence-corrected chi connectivity index (χ1v) is 4.96. The lowest BCUT2D eigenvalue weighted by Gasteiger charge is -2.21. The minimum absolute atomic E-state index is 0.0334. The monoisotopic (exact) mass is 239 g/mol. The molecule has 5 nitrogen and oxygen atoms in total. The first kappa shape index (κ1) is 12.3. The number of nitrogens with zero attached hydrogens (tertiary/aromatic N) is 1. The molecule has 0 saturated carbocycles. The van der Waals surface area contributed by atoms with Gasteiger partial charge in [0.1, 0.15) is 5.75 Å². The highest BCUT2D eigenvalue weighted by molar-refractivity contribution is 7.80. The molecule has 0 unspecified atom stereocenters. The Balaban J connectivity index is 2.92. The summed E-state index contributed by atoms with van der Waals surface area (Å²) < 4.78 is 5.02. The maximum Gasteiger partial charge on any atom is 0.242 e. The predicted octanol–water partition coefficient (Wildman–Crippen LogP) is 0.796. The number of hydrogen-bond acceptors (Lipinski definition) is 3. The number of amides is 1. The Labute approximate surface area is 99.1 Å². The lowest BCUT2D eigenvalue weighted by atomic mass is 10.3. The summed E-state index contributed by atoms with van der Waals surface area (Å²) in [5, 5.41) is 1.30. The molecule has 0 aromatic heterocycles. The number of benzene rings is 1. The van der Waals surface area contributed by atoms with Crippen LogP contribution in [0, 0.1) is 0 Å². The highest BCUT2D eigenvalue weighted by atomic mass is 32.1. The number of nitrogens with two attached hydrogens (primary N) is 1. The largest absolute Gasteiger partial charge is 0.497 e. The van der Waals surface area contributed by atoms with E-state index >= 15 is 0 Å². The number of methoxy groups -OCH3 is 1. The van der Waals surface area contributed by atoms with Gasteiger partial charge in [0.2, 0.25) is 5.91 Å². The lowest BCUT2D eigenvalue weighted by Crippen LogP contribution is -2.47. The van der Waals surface area contributed by atoms with E-state index in [2.05, 4.69) is 17.6 Å². The fourth-order valence-electron chi connectivity index (χ4n) is 1.17. The normalized spacial score (nSPS) is 9.38. The Morgan fingerprint density at radius 2 is 2.00 bits per heavy atom. The molecule has 0 spiro atoms. The van der Waals surface area contributed by atoms with E-state index in [0.29, 0.717) is 11.4 Å². The molecule has 0 fully saturated rings. The zero-order valence-electron chi connectivity index (χ0n) is 9.06. The average molecular weight is 239 g/mol. The Hall–Kier alpha value is -1.82. The average Bonchev–Trinajstić information content (AvgIpc) is 2.25. The first-order valence-electron chi connectivity index (χ1n) is 4.55. The molecule has 0 radical (unpaired) electrons. The molecular formula is C10H13N3O2S. The van der Waals surface area contributed by atoms with Gasteiger partial charge in [0.15, 0.2) is 5.11 Å². The summed E-state index contributed by atoms with van der Waals surface area (Å²) in [5.74, 6) is 0.501. The minimum atomic E-state index is -0.210. The van der Waals surface area contributed by atoms with Crippen LogP contribution >= 0.6 is 12.2 Å². The van der Waals surface area contributed by atoms with Crippen LogP contribution in [0.15, 0.2) is 24.3 Å². The Morgan fingerprint density at radius 3 is 2.38 bits per heavy atom. The van der Waals surface area contributed by atoms with Crippen molar-refractivity contribution in [3.63, 3.8) is 0 Å². The third-order valence-electron chi connectivity index (χ3n) is 1.87. The second-order valence-corrected chi connectivity index (χ2v) is 3.47. The topological polar surface area (TPSA) is 67.6 Å². The van der Waals surface area contributed by atoms with Crippen molar-refractivity contribution in [3.8, 4) is 5.75 Å². The molecule has 1 rings (SSSR count). The molecule has 0 aliphatic carbocycles. The van der Waals surface area contributed by atoms with Gasteiger partial charge >= 0.3 is 0 Å². The lowest BCUT2D eigenvalue weighted by molar-refractivity contribution is -0.116. The van der Waals surface area contributed by atoms with Gasteiger partial charge in [-0.05, 0) is 36.5 Å². The van der Waals surface area contributed by atoms with Crippen molar-refractivity contribution in [2.75, 3.05) is 12.1 Å². The van der Waals surface area contributed by atoms with Crippen molar-refractivity contribution in [2.45, 2.75) is 6.92 Å². The molecule has 86 valence electrons. The van der Waals surface area contributed by atoms with E-state index in [1.807, 2.05) is 0 Å². The molecule has 0 heterocycles. The van der Waals surface area contributed by atoms with E-state index in [1.165, 1.54) is 11.9 Å². The number of hydrogen-bond donors (Lipinski definition) is 2. The Kier molecular flexibility index (Phi) is 4.07. The summed E-state index contributed by atoms with van der Waals surface area (Å²) >= 11 is 4.69. The van der Waals surface area contributed by atoms with Gasteiger partial charge < -0.3 is 10.5 Å². The van der Waals surface area contributed by atoms with Crippen LogP contribution in [0.25, 0.3) is 0 Å². The molecule has 0 atom stereocenters. The Bertz CT molecular complexity index is 392. The second-order valence-electron chi connectivity index (χ2n) is 3.03. The number of thiocarbonyl (C=S) groups is 1. The van der Waals surface area contributed by atoms with E-state index in [-0.39, 0.29) is 11.0 Å². The summed E-state index contributed by atoms with van der Waals surface area (Å²) in [4.78, 5) is 11.4. The molecule has 3 N–H and O–H groups in total. The number of ether oxygens (including phenoxy) is 1. The van der Waals surface area contributed by atoms with Crippen LogP contribution in [-0.2, 0) is 4.79 Å². The number of carbonyl (C=O) groups excluding carboxylic acids is 1.